The summed E-state index contributed by atoms with van der Waals surface area (Å²) >= 11 is 9.27. The number of ether oxygens (including phenoxy) is 1. The summed E-state index contributed by atoms with van der Waals surface area (Å²) in [6.07, 6.45) is 0. The van der Waals surface area contributed by atoms with E-state index in [2.05, 4.69) is 15.9 Å². The molecule has 0 unspecified atom stereocenters. The van der Waals surface area contributed by atoms with Crippen LogP contribution in [0.3, 0.4) is 0 Å². The molecule has 3 nitrogen and oxygen atoms in total. The van der Waals surface area contributed by atoms with E-state index in [4.69, 9.17) is 21.4 Å². The molecule has 0 saturated carbocycles. The number of carboxylic acid groups (broad SMARTS) is 1. The van der Waals surface area contributed by atoms with Crippen LogP contribution < -0.4 is 4.74 Å². The molecule has 0 saturated heterocycles. The van der Waals surface area contributed by atoms with Crippen LogP contribution in [0.2, 0.25) is 5.02 Å². The lowest BCUT2D eigenvalue weighted by atomic mass is 10.2. The van der Waals surface area contributed by atoms with Crippen LogP contribution in [0.1, 0.15) is 15.9 Å². The summed E-state index contributed by atoms with van der Waals surface area (Å²) in [5, 5.41) is 9.44. The van der Waals surface area contributed by atoms with Crippen LogP contribution in [0.25, 0.3) is 0 Å². The van der Waals surface area contributed by atoms with E-state index in [0.717, 1.165) is 5.56 Å². The fourth-order valence-electron chi connectivity index (χ4n) is 1.55. The Kier molecular flexibility index (Phi) is 4.12. The lowest BCUT2D eigenvalue weighted by Gasteiger charge is -2.09. The number of hydrogen-bond donors (Lipinski definition) is 1. The van der Waals surface area contributed by atoms with Crippen LogP contribution in [-0.4, -0.2) is 11.1 Å². The van der Waals surface area contributed by atoms with Gasteiger partial charge in [0.1, 0.15) is 11.5 Å². The van der Waals surface area contributed by atoms with Crippen LogP contribution in [0, 0.1) is 6.92 Å². The Hall–Kier alpha value is -1.52. The Morgan fingerprint density at radius 3 is 2.58 bits per heavy atom. The van der Waals surface area contributed by atoms with E-state index >= 15 is 0 Å². The first-order chi connectivity index (χ1) is 8.97. The fraction of sp³-hybridized carbons (Fsp3) is 0.0714. The largest absolute Gasteiger partial charge is 0.478 e. The highest BCUT2D eigenvalue weighted by atomic mass is 79.9. The van der Waals surface area contributed by atoms with Crippen molar-refractivity contribution in [3.8, 4) is 11.5 Å². The Bertz CT molecular complexity index is 641. The zero-order valence-corrected chi connectivity index (χ0v) is 12.3. The minimum atomic E-state index is -0.994. The predicted octanol–water partition coefficient (Wildman–Crippen LogP) is 4.90. The third-order valence-electron chi connectivity index (χ3n) is 2.49. The average Bonchev–Trinajstić information content (AvgIpc) is 2.32. The molecule has 98 valence electrons. The first-order valence-electron chi connectivity index (χ1n) is 5.44. The summed E-state index contributed by atoms with van der Waals surface area (Å²) < 4.78 is 6.08. The molecule has 19 heavy (non-hydrogen) atoms. The first-order valence-corrected chi connectivity index (χ1v) is 6.61. The van der Waals surface area contributed by atoms with E-state index in [1.807, 2.05) is 13.0 Å². The quantitative estimate of drug-likeness (QED) is 0.863. The Morgan fingerprint density at radius 2 is 2.00 bits per heavy atom. The molecule has 0 aliphatic carbocycles. The molecule has 0 spiro atoms. The first kappa shape index (κ1) is 13.9. The SMILES string of the molecule is Cc1ccc(Oc2ccc(C(=O)O)c(Br)c2)c(Cl)c1. The average molecular weight is 342 g/mol. The van der Waals surface area contributed by atoms with Crippen molar-refractivity contribution in [2.24, 2.45) is 0 Å². The highest BCUT2D eigenvalue weighted by Crippen LogP contribution is 2.32. The third-order valence-corrected chi connectivity index (χ3v) is 3.44. The normalized spacial score (nSPS) is 10.3. The number of benzene rings is 2. The van der Waals surface area contributed by atoms with Gasteiger partial charge in [-0.05, 0) is 58.7 Å². The molecule has 0 amide bonds. The van der Waals surface area contributed by atoms with Gasteiger partial charge in [-0.3, -0.25) is 0 Å². The van der Waals surface area contributed by atoms with Crippen LogP contribution in [-0.2, 0) is 0 Å². The van der Waals surface area contributed by atoms with Crippen LogP contribution in [0.15, 0.2) is 40.9 Å². The van der Waals surface area contributed by atoms with Gasteiger partial charge in [0.05, 0.1) is 10.6 Å². The van der Waals surface area contributed by atoms with Gasteiger partial charge in [0.15, 0.2) is 0 Å². The Labute approximate surface area is 123 Å². The molecule has 0 radical (unpaired) electrons. The van der Waals surface area contributed by atoms with Crippen molar-refractivity contribution in [1.29, 1.82) is 0 Å². The van der Waals surface area contributed by atoms with E-state index < -0.39 is 5.97 Å². The number of carbonyl (C=O) groups is 1. The molecule has 0 aliphatic heterocycles. The minimum Gasteiger partial charge on any atom is -0.478 e. The number of halogens is 2. The Balaban J connectivity index is 2.29. The molecule has 2 aromatic rings. The molecule has 0 heterocycles. The lowest BCUT2D eigenvalue weighted by Crippen LogP contribution is -1.97. The number of aryl methyl sites for hydroxylation is 1. The van der Waals surface area contributed by atoms with Crippen molar-refractivity contribution in [1.82, 2.24) is 0 Å². The summed E-state index contributed by atoms with van der Waals surface area (Å²) in [6, 6.07) is 10.1. The van der Waals surface area contributed by atoms with Gasteiger partial charge in [-0.15, -0.1) is 0 Å². The number of aromatic carboxylic acids is 1. The monoisotopic (exact) mass is 340 g/mol. The number of carboxylic acids is 1. The topological polar surface area (TPSA) is 46.5 Å². The maximum Gasteiger partial charge on any atom is 0.336 e. The van der Waals surface area contributed by atoms with E-state index in [0.29, 0.717) is 21.0 Å². The fourth-order valence-corrected chi connectivity index (χ4v) is 2.35. The van der Waals surface area contributed by atoms with Gasteiger partial charge in [0, 0.05) is 4.47 Å². The third kappa shape index (κ3) is 3.28. The van der Waals surface area contributed by atoms with Gasteiger partial charge in [-0.1, -0.05) is 17.7 Å². The highest BCUT2D eigenvalue weighted by Gasteiger charge is 2.10. The van der Waals surface area contributed by atoms with Crippen LogP contribution in [0.4, 0.5) is 0 Å². The zero-order chi connectivity index (χ0) is 14.0. The van der Waals surface area contributed by atoms with E-state index in [-0.39, 0.29) is 5.56 Å². The summed E-state index contributed by atoms with van der Waals surface area (Å²) in [5.74, 6) is 0.0525. The maximum absolute atomic E-state index is 10.9. The lowest BCUT2D eigenvalue weighted by molar-refractivity contribution is 0.0696. The van der Waals surface area contributed by atoms with Crippen LogP contribution >= 0.6 is 27.5 Å². The molecule has 2 rings (SSSR count). The van der Waals surface area contributed by atoms with Crippen molar-refractivity contribution in [3.05, 3.63) is 57.0 Å². The van der Waals surface area contributed by atoms with Crippen LogP contribution in [0.5, 0.6) is 11.5 Å². The molecule has 0 bridgehead atoms. The molecule has 2 aromatic carbocycles. The highest BCUT2D eigenvalue weighted by molar-refractivity contribution is 9.10. The second kappa shape index (κ2) is 5.63. The van der Waals surface area contributed by atoms with Crippen molar-refractivity contribution in [2.75, 3.05) is 0 Å². The smallest absolute Gasteiger partial charge is 0.336 e. The van der Waals surface area contributed by atoms with E-state index in [1.165, 1.54) is 6.07 Å². The van der Waals surface area contributed by atoms with Gasteiger partial charge in [-0.25, -0.2) is 4.79 Å². The zero-order valence-electron chi connectivity index (χ0n) is 9.98. The van der Waals surface area contributed by atoms with Crippen molar-refractivity contribution >= 4 is 33.5 Å². The Morgan fingerprint density at radius 1 is 1.26 bits per heavy atom. The van der Waals surface area contributed by atoms with Crippen molar-refractivity contribution in [3.63, 3.8) is 0 Å². The summed E-state index contributed by atoms with van der Waals surface area (Å²) in [5.41, 5.74) is 1.22. The van der Waals surface area contributed by atoms with Crippen molar-refractivity contribution in [2.45, 2.75) is 6.92 Å². The van der Waals surface area contributed by atoms with Gasteiger partial charge in [0.2, 0.25) is 0 Å². The van der Waals surface area contributed by atoms with E-state index in [1.54, 1.807) is 24.3 Å². The minimum absolute atomic E-state index is 0.183. The maximum atomic E-state index is 10.9. The van der Waals surface area contributed by atoms with Gasteiger partial charge in [-0.2, -0.15) is 0 Å². The predicted molar refractivity (Wildman–Crippen MR) is 77.4 cm³/mol. The molecular formula is C14H10BrClO3. The summed E-state index contributed by atoms with van der Waals surface area (Å²) in [4.78, 5) is 10.9. The molecule has 0 atom stereocenters. The molecular weight excluding hydrogens is 332 g/mol. The second-order valence-electron chi connectivity index (χ2n) is 3.98. The molecule has 1 N–H and O–H groups in total. The van der Waals surface area contributed by atoms with Crippen molar-refractivity contribution < 1.29 is 14.6 Å². The molecule has 0 fully saturated rings. The standard InChI is InChI=1S/C14H10BrClO3/c1-8-2-5-13(12(16)6-8)19-9-3-4-10(14(17)18)11(15)7-9/h2-7H,1H3,(H,17,18). The number of rotatable bonds is 3. The molecule has 0 aliphatic rings. The second-order valence-corrected chi connectivity index (χ2v) is 5.24. The molecule has 5 heteroatoms. The summed E-state index contributed by atoms with van der Waals surface area (Å²) in [7, 11) is 0. The molecule has 0 aromatic heterocycles. The number of hydrogen-bond acceptors (Lipinski definition) is 2. The summed E-state index contributed by atoms with van der Waals surface area (Å²) in [6.45, 7) is 1.94. The van der Waals surface area contributed by atoms with E-state index in [9.17, 15) is 4.79 Å². The van der Waals surface area contributed by atoms with Gasteiger partial charge >= 0.3 is 5.97 Å². The van der Waals surface area contributed by atoms with Gasteiger partial charge in [0.25, 0.3) is 0 Å². The van der Waals surface area contributed by atoms with Gasteiger partial charge < -0.3 is 9.84 Å².